The summed E-state index contributed by atoms with van der Waals surface area (Å²) in [4.78, 5) is 23.1. The lowest BCUT2D eigenvalue weighted by molar-refractivity contribution is -0.384. The number of methoxy groups -OCH3 is 1. The van der Waals surface area contributed by atoms with Crippen LogP contribution < -0.4 is 10.2 Å². The van der Waals surface area contributed by atoms with E-state index in [0.29, 0.717) is 22.3 Å². The van der Waals surface area contributed by atoms with Gasteiger partial charge in [-0.2, -0.15) is 5.10 Å². The molecule has 4 aromatic rings. The molecule has 10 nitrogen and oxygen atoms in total. The van der Waals surface area contributed by atoms with Gasteiger partial charge in [0.15, 0.2) is 11.0 Å². The molecule has 11 heteroatoms. The van der Waals surface area contributed by atoms with Crippen LogP contribution in [-0.2, 0) is 4.79 Å². The summed E-state index contributed by atoms with van der Waals surface area (Å²) in [5.74, 6) is 1.06. The van der Waals surface area contributed by atoms with E-state index in [9.17, 15) is 14.9 Å². The molecule has 188 valence electrons. The van der Waals surface area contributed by atoms with Crippen molar-refractivity contribution in [2.24, 2.45) is 5.10 Å². The van der Waals surface area contributed by atoms with Gasteiger partial charge in [0.1, 0.15) is 5.75 Å². The number of ether oxygens (including phenoxy) is 1. The van der Waals surface area contributed by atoms with Gasteiger partial charge in [-0.15, -0.1) is 10.2 Å². The Labute approximate surface area is 217 Å². The molecule has 0 atom stereocenters. The van der Waals surface area contributed by atoms with Crippen LogP contribution in [0.5, 0.6) is 5.75 Å². The van der Waals surface area contributed by atoms with E-state index >= 15 is 0 Å². The summed E-state index contributed by atoms with van der Waals surface area (Å²) < 4.78 is 7.16. The van der Waals surface area contributed by atoms with Crippen LogP contribution in [0.2, 0.25) is 0 Å². The zero-order chi connectivity index (χ0) is 26.4. The Hall–Kier alpha value is -4.51. The van der Waals surface area contributed by atoms with Crippen molar-refractivity contribution in [1.82, 2.24) is 20.2 Å². The first kappa shape index (κ1) is 25.6. The van der Waals surface area contributed by atoms with E-state index in [1.54, 1.807) is 26.2 Å². The first-order valence-electron chi connectivity index (χ1n) is 11.2. The topological polar surface area (TPSA) is 125 Å². The standard InChI is InChI=1S/C26H24N6O4S/c1-17-7-11-21(12-8-17)31-25(19-9-13-23(36-3)14-10-19)29-30-26(31)37-16-24(33)28-27-18(2)20-5-4-6-22(15-20)32(34)35/h4-15H,16H2,1-3H3,(H,28,33)/b27-18-. The molecule has 1 aromatic heterocycles. The number of nitrogens with one attached hydrogen (secondary N) is 1. The van der Waals surface area contributed by atoms with Gasteiger partial charge in [0.05, 0.1) is 23.5 Å². The Morgan fingerprint density at radius 1 is 1.11 bits per heavy atom. The van der Waals surface area contributed by atoms with E-state index in [1.165, 1.54) is 23.9 Å². The molecular formula is C26H24N6O4S. The predicted octanol–water partition coefficient (Wildman–Crippen LogP) is 4.79. The fourth-order valence-electron chi connectivity index (χ4n) is 3.43. The van der Waals surface area contributed by atoms with Crippen LogP contribution in [0.25, 0.3) is 17.1 Å². The first-order valence-corrected chi connectivity index (χ1v) is 12.2. The maximum Gasteiger partial charge on any atom is 0.270 e. The first-order chi connectivity index (χ1) is 17.9. The number of carbonyl (C=O) groups excluding carboxylic acids is 1. The van der Waals surface area contributed by atoms with Gasteiger partial charge in [-0.25, -0.2) is 5.43 Å². The van der Waals surface area contributed by atoms with Gasteiger partial charge in [-0.3, -0.25) is 19.5 Å². The summed E-state index contributed by atoms with van der Waals surface area (Å²) in [7, 11) is 1.61. The van der Waals surface area contributed by atoms with Gasteiger partial charge in [0.2, 0.25) is 0 Å². The normalized spacial score (nSPS) is 11.3. The molecule has 1 N–H and O–H groups in total. The number of hydrogen-bond donors (Lipinski definition) is 1. The molecule has 3 aromatic carbocycles. The van der Waals surface area contributed by atoms with Crippen molar-refractivity contribution in [2.45, 2.75) is 19.0 Å². The highest BCUT2D eigenvalue weighted by molar-refractivity contribution is 7.99. The quantitative estimate of drug-likeness (QED) is 0.147. The zero-order valence-corrected chi connectivity index (χ0v) is 21.2. The Morgan fingerprint density at radius 2 is 1.84 bits per heavy atom. The van der Waals surface area contributed by atoms with Crippen molar-refractivity contribution in [3.63, 3.8) is 0 Å². The number of nitro groups is 1. The van der Waals surface area contributed by atoms with Crippen molar-refractivity contribution in [2.75, 3.05) is 12.9 Å². The van der Waals surface area contributed by atoms with Crippen molar-refractivity contribution < 1.29 is 14.5 Å². The van der Waals surface area contributed by atoms with Gasteiger partial charge in [0.25, 0.3) is 11.6 Å². The van der Waals surface area contributed by atoms with Gasteiger partial charge in [-0.05, 0) is 50.2 Å². The zero-order valence-electron chi connectivity index (χ0n) is 20.4. The molecule has 0 saturated heterocycles. The Balaban J connectivity index is 1.52. The third-order valence-corrected chi connectivity index (χ3v) is 6.36. The second-order valence-electron chi connectivity index (χ2n) is 8.03. The van der Waals surface area contributed by atoms with Crippen molar-refractivity contribution in [3.05, 3.63) is 94.0 Å². The highest BCUT2D eigenvalue weighted by Gasteiger charge is 2.17. The average Bonchev–Trinajstić information content (AvgIpc) is 3.35. The Morgan fingerprint density at radius 3 is 2.51 bits per heavy atom. The summed E-state index contributed by atoms with van der Waals surface area (Å²) in [5, 5.41) is 24.4. The van der Waals surface area contributed by atoms with E-state index in [1.807, 2.05) is 60.0 Å². The summed E-state index contributed by atoms with van der Waals surface area (Å²) in [6, 6.07) is 21.5. The molecule has 0 saturated carbocycles. The number of non-ortho nitro benzene ring substituents is 1. The summed E-state index contributed by atoms with van der Waals surface area (Å²) in [6.45, 7) is 3.68. The minimum atomic E-state index is -0.476. The number of aromatic nitrogens is 3. The summed E-state index contributed by atoms with van der Waals surface area (Å²) in [6.07, 6.45) is 0. The Bertz CT molecular complexity index is 1450. The molecule has 1 amide bonds. The summed E-state index contributed by atoms with van der Waals surface area (Å²) in [5.41, 5.74) is 6.29. The second-order valence-corrected chi connectivity index (χ2v) is 8.98. The minimum Gasteiger partial charge on any atom is -0.497 e. The molecule has 4 rings (SSSR count). The number of nitro benzene ring substituents is 1. The fraction of sp³-hybridized carbons (Fsp3) is 0.154. The van der Waals surface area contributed by atoms with E-state index in [-0.39, 0.29) is 17.3 Å². The van der Waals surface area contributed by atoms with Crippen molar-refractivity contribution in [1.29, 1.82) is 0 Å². The number of benzene rings is 3. The molecule has 0 aliphatic rings. The predicted molar refractivity (Wildman–Crippen MR) is 142 cm³/mol. The van der Waals surface area contributed by atoms with Crippen LogP contribution in [-0.4, -0.2) is 44.2 Å². The second kappa shape index (κ2) is 11.5. The number of thioether (sulfide) groups is 1. The monoisotopic (exact) mass is 516 g/mol. The number of amides is 1. The van der Waals surface area contributed by atoms with E-state index < -0.39 is 4.92 Å². The number of hydrazone groups is 1. The van der Waals surface area contributed by atoms with Crippen molar-refractivity contribution >= 4 is 29.1 Å². The molecule has 0 spiro atoms. The maximum atomic E-state index is 12.5. The van der Waals surface area contributed by atoms with Gasteiger partial charge >= 0.3 is 0 Å². The van der Waals surface area contributed by atoms with Gasteiger partial charge in [-0.1, -0.05) is 41.6 Å². The highest BCUT2D eigenvalue weighted by Crippen LogP contribution is 2.29. The average molecular weight is 517 g/mol. The van der Waals surface area contributed by atoms with Gasteiger partial charge in [0, 0.05) is 28.9 Å². The lowest BCUT2D eigenvalue weighted by atomic mass is 10.1. The number of rotatable bonds is 9. The number of carbonyl (C=O) groups is 1. The minimum absolute atomic E-state index is 0.0400. The molecule has 37 heavy (non-hydrogen) atoms. The molecule has 0 bridgehead atoms. The van der Waals surface area contributed by atoms with Crippen LogP contribution in [0.1, 0.15) is 18.1 Å². The molecule has 0 unspecified atom stereocenters. The molecule has 0 aliphatic heterocycles. The highest BCUT2D eigenvalue weighted by atomic mass is 32.2. The van der Waals surface area contributed by atoms with Crippen LogP contribution >= 0.6 is 11.8 Å². The van der Waals surface area contributed by atoms with Crippen LogP contribution in [0.4, 0.5) is 5.69 Å². The van der Waals surface area contributed by atoms with E-state index in [4.69, 9.17) is 4.74 Å². The SMILES string of the molecule is COc1ccc(-c2nnc(SCC(=O)N/N=C(/C)c3cccc([N+](=O)[O-])c3)n2-c2ccc(C)cc2)cc1. The van der Waals surface area contributed by atoms with Crippen molar-refractivity contribution in [3.8, 4) is 22.8 Å². The lowest BCUT2D eigenvalue weighted by Gasteiger charge is -2.11. The smallest absolute Gasteiger partial charge is 0.270 e. The van der Waals surface area contributed by atoms with E-state index in [2.05, 4.69) is 20.7 Å². The molecular weight excluding hydrogens is 492 g/mol. The van der Waals surface area contributed by atoms with Crippen LogP contribution in [0.3, 0.4) is 0 Å². The number of nitrogens with zero attached hydrogens (tertiary/aromatic N) is 5. The molecule has 1 heterocycles. The third kappa shape index (κ3) is 6.19. The summed E-state index contributed by atoms with van der Waals surface area (Å²) >= 11 is 1.23. The van der Waals surface area contributed by atoms with Crippen LogP contribution in [0, 0.1) is 17.0 Å². The van der Waals surface area contributed by atoms with E-state index in [0.717, 1.165) is 22.6 Å². The van der Waals surface area contributed by atoms with Gasteiger partial charge < -0.3 is 4.74 Å². The largest absolute Gasteiger partial charge is 0.497 e. The fourth-order valence-corrected chi connectivity index (χ4v) is 4.18. The number of aryl methyl sites for hydroxylation is 1. The number of hydrogen-bond acceptors (Lipinski definition) is 8. The Kier molecular flexibility index (Phi) is 7.94. The maximum absolute atomic E-state index is 12.5. The molecule has 0 radical (unpaired) electrons. The third-order valence-electron chi connectivity index (χ3n) is 5.43. The lowest BCUT2D eigenvalue weighted by Crippen LogP contribution is -2.21. The van der Waals surface area contributed by atoms with Crippen LogP contribution in [0.15, 0.2) is 83.1 Å². The molecule has 0 aliphatic carbocycles. The molecule has 0 fully saturated rings.